The minimum atomic E-state index is -3.03. The maximum atomic E-state index is 14.1. The number of benzene rings is 3. The van der Waals surface area contributed by atoms with Crippen molar-refractivity contribution in [3.63, 3.8) is 0 Å². The van der Waals surface area contributed by atoms with E-state index in [9.17, 15) is 44.7 Å². The topological polar surface area (TPSA) is 220 Å². The van der Waals surface area contributed by atoms with Crippen LogP contribution in [-0.2, 0) is 14.3 Å². The molecule has 2 amide bonds. The number of phenolic OH excluding ortho intramolecular Hbond substituents is 1. The summed E-state index contributed by atoms with van der Waals surface area (Å²) in [6.45, 7) is 1.61. The molecule has 0 unspecified atom stereocenters. The number of nitrogens with zero attached hydrogens (tertiary/aromatic N) is 1. The first kappa shape index (κ1) is 33.0. The summed E-state index contributed by atoms with van der Waals surface area (Å²) >= 11 is 0. The Labute approximate surface area is 285 Å². The summed E-state index contributed by atoms with van der Waals surface area (Å²) in [6.07, 6.45) is -2.62. The zero-order chi connectivity index (χ0) is 36.0. The monoisotopic (exact) mass is 681 g/mol. The van der Waals surface area contributed by atoms with Crippen LogP contribution in [0.15, 0.2) is 83.3 Å². The van der Waals surface area contributed by atoms with E-state index in [1.54, 1.807) is 6.92 Å². The Bertz CT molecular complexity index is 2040. The molecule has 0 spiro atoms. The number of primary amides is 1. The number of carbonyl (C=O) groups excluding carboxylic acids is 4. The Hall–Kier alpha value is -5.50. The van der Waals surface area contributed by atoms with Crippen molar-refractivity contribution in [2.45, 2.75) is 36.5 Å². The predicted octanol–water partition coefficient (Wildman–Crippen LogP) is 3.01. The standard InChI is InChI=1S/C37H35N3O10/c1-15-16-12-13-22(39-36(48)50-14-21-19-10-6-4-8-17(19)18-9-5-7-11-20(18)21)29(41)24(16)30(42)25-23(15)31(43)27-28(40(2)3)32(44)26(35(38)47)34(46)37(27,49)33(25)45/h4-13,15,21,23,27-28,31,41,43-45,49H,14H2,1-3H3,(H2,38,47)(H,39,48)/t15-,23+,27+,28-,31-,37-/m1/s1. The van der Waals surface area contributed by atoms with Gasteiger partial charge >= 0.3 is 6.09 Å². The zero-order valence-corrected chi connectivity index (χ0v) is 27.2. The van der Waals surface area contributed by atoms with Gasteiger partial charge in [0.1, 0.15) is 23.7 Å². The van der Waals surface area contributed by atoms with Gasteiger partial charge in [-0.2, -0.15) is 0 Å². The van der Waals surface area contributed by atoms with Crippen LogP contribution in [0.3, 0.4) is 0 Å². The van der Waals surface area contributed by atoms with Crippen molar-refractivity contribution in [3.05, 3.63) is 106 Å². The number of aromatic hydroxyl groups is 1. The van der Waals surface area contributed by atoms with Crippen LogP contribution >= 0.6 is 0 Å². The van der Waals surface area contributed by atoms with E-state index < -0.39 is 87.5 Å². The van der Waals surface area contributed by atoms with Gasteiger partial charge in [-0.3, -0.25) is 24.6 Å². The van der Waals surface area contributed by atoms with Crippen molar-refractivity contribution < 1.29 is 49.4 Å². The molecule has 0 saturated heterocycles. The Morgan fingerprint density at radius 1 is 0.940 bits per heavy atom. The molecule has 0 aliphatic heterocycles. The number of anilines is 1. The van der Waals surface area contributed by atoms with Crippen molar-refractivity contribution in [3.8, 4) is 16.9 Å². The van der Waals surface area contributed by atoms with Crippen molar-refractivity contribution in [1.29, 1.82) is 0 Å². The third-order valence-corrected chi connectivity index (χ3v) is 10.7. The number of likely N-dealkylation sites (N-methyl/N-ethyl adjacent to an activating group) is 1. The van der Waals surface area contributed by atoms with Crippen LogP contribution in [0.5, 0.6) is 5.75 Å². The lowest BCUT2D eigenvalue weighted by Crippen LogP contribution is -2.68. The van der Waals surface area contributed by atoms with Gasteiger partial charge in [-0.1, -0.05) is 61.5 Å². The van der Waals surface area contributed by atoms with Gasteiger partial charge in [0.15, 0.2) is 17.1 Å². The maximum absolute atomic E-state index is 14.1. The Kier molecular flexibility index (Phi) is 7.62. The van der Waals surface area contributed by atoms with Gasteiger partial charge in [-0.05, 0) is 53.9 Å². The average Bonchev–Trinajstić information content (AvgIpc) is 3.39. The fourth-order valence-electron chi connectivity index (χ4n) is 8.47. The first-order chi connectivity index (χ1) is 23.7. The molecule has 3 aromatic carbocycles. The highest BCUT2D eigenvalue weighted by Crippen LogP contribution is 2.56. The minimum absolute atomic E-state index is 0.0130. The molecule has 13 heteroatoms. The van der Waals surface area contributed by atoms with Crippen LogP contribution in [0, 0.1) is 11.8 Å². The quantitative estimate of drug-likeness (QED) is 0.153. The molecule has 0 heterocycles. The average molecular weight is 682 g/mol. The lowest BCUT2D eigenvalue weighted by Gasteiger charge is -2.53. The first-order valence-electron chi connectivity index (χ1n) is 16.0. The number of ether oxygens (including phenoxy) is 1. The number of amides is 2. The number of nitrogens with one attached hydrogen (secondary N) is 1. The third-order valence-electron chi connectivity index (χ3n) is 10.7. The summed E-state index contributed by atoms with van der Waals surface area (Å²) in [5.74, 6) is -10.3. The molecule has 8 N–H and O–H groups in total. The van der Waals surface area contributed by atoms with Gasteiger partial charge in [0.25, 0.3) is 5.91 Å². The molecule has 50 heavy (non-hydrogen) atoms. The van der Waals surface area contributed by atoms with Crippen molar-refractivity contribution in [2.24, 2.45) is 17.6 Å². The highest BCUT2D eigenvalue weighted by Gasteiger charge is 2.67. The highest BCUT2D eigenvalue weighted by atomic mass is 16.5. The number of nitrogens with two attached hydrogens (primary N) is 1. The molecule has 0 radical (unpaired) electrons. The molecular weight excluding hydrogens is 646 g/mol. The number of Topliss-reactive ketones (excluding diaryl/α,β-unsaturated/α-hetero) is 2. The van der Waals surface area contributed by atoms with E-state index in [2.05, 4.69) is 5.32 Å². The highest BCUT2D eigenvalue weighted by molar-refractivity contribution is 6.25. The lowest BCUT2D eigenvalue weighted by molar-refractivity contribution is -0.162. The molecule has 3 aromatic rings. The number of ketones is 2. The van der Waals surface area contributed by atoms with Crippen LogP contribution in [0.25, 0.3) is 11.1 Å². The van der Waals surface area contributed by atoms with Crippen molar-refractivity contribution >= 4 is 29.3 Å². The van der Waals surface area contributed by atoms with E-state index >= 15 is 0 Å². The molecule has 6 atom stereocenters. The molecule has 4 aliphatic rings. The SMILES string of the molecule is C[C@@H]1c2ccc(NC(=O)OCC3c4ccccc4-c4ccccc43)c(O)c2C(=O)C2=C(O)[C@@]3(O)C(=O)C(C(N)=O)=C(O)[C@H](N(C)C)[C@H]3[C@H](O)[C@H]21. The summed E-state index contributed by atoms with van der Waals surface area (Å²) in [7, 11) is 2.93. The first-order valence-corrected chi connectivity index (χ1v) is 16.0. The van der Waals surface area contributed by atoms with E-state index in [1.807, 2.05) is 48.5 Å². The molecule has 0 saturated carbocycles. The second kappa shape index (κ2) is 11.5. The van der Waals surface area contributed by atoms with Gasteiger partial charge in [0.05, 0.1) is 29.3 Å². The second-order valence-electron chi connectivity index (χ2n) is 13.4. The zero-order valence-electron chi connectivity index (χ0n) is 27.2. The number of aliphatic hydroxyl groups is 4. The number of rotatable bonds is 5. The normalized spacial score (nSPS) is 27.0. The third kappa shape index (κ3) is 4.43. The fourth-order valence-corrected chi connectivity index (χ4v) is 8.47. The molecule has 0 bridgehead atoms. The van der Waals surface area contributed by atoms with Crippen molar-refractivity contribution in [1.82, 2.24) is 4.90 Å². The number of hydrogen-bond donors (Lipinski definition) is 7. The molecule has 7 rings (SSSR count). The molecule has 0 aromatic heterocycles. The van der Waals surface area contributed by atoms with E-state index in [4.69, 9.17) is 10.5 Å². The van der Waals surface area contributed by atoms with Gasteiger partial charge in [-0.15, -0.1) is 0 Å². The van der Waals surface area contributed by atoms with E-state index in [-0.39, 0.29) is 29.3 Å². The summed E-state index contributed by atoms with van der Waals surface area (Å²) in [5.41, 5.74) is 4.65. The smallest absolute Gasteiger partial charge is 0.411 e. The van der Waals surface area contributed by atoms with Gasteiger partial charge < -0.3 is 36.0 Å². The van der Waals surface area contributed by atoms with Crippen LogP contribution in [0.4, 0.5) is 10.5 Å². The molecular formula is C37H35N3O10. The van der Waals surface area contributed by atoms with Gasteiger partial charge in [0, 0.05) is 17.4 Å². The number of phenols is 1. The molecule has 0 fully saturated rings. The summed E-state index contributed by atoms with van der Waals surface area (Å²) in [5, 5.41) is 60.0. The lowest BCUT2D eigenvalue weighted by atomic mass is 9.55. The van der Waals surface area contributed by atoms with E-state index in [0.29, 0.717) is 0 Å². The minimum Gasteiger partial charge on any atom is -0.510 e. The van der Waals surface area contributed by atoms with Crippen LogP contribution in [-0.4, -0.2) is 92.4 Å². The fraction of sp³-hybridized carbons (Fsp3) is 0.297. The van der Waals surface area contributed by atoms with Crippen LogP contribution in [0.2, 0.25) is 0 Å². The second-order valence-corrected chi connectivity index (χ2v) is 13.4. The summed E-state index contributed by atoms with van der Waals surface area (Å²) in [4.78, 5) is 54.4. The summed E-state index contributed by atoms with van der Waals surface area (Å²) < 4.78 is 5.59. The number of aliphatic hydroxyl groups excluding tert-OH is 3. The number of hydrogen-bond acceptors (Lipinski definition) is 11. The largest absolute Gasteiger partial charge is 0.510 e. The molecule has 4 aliphatic carbocycles. The molecule has 13 nitrogen and oxygen atoms in total. The Morgan fingerprint density at radius 3 is 2.12 bits per heavy atom. The Morgan fingerprint density at radius 2 is 1.54 bits per heavy atom. The van der Waals surface area contributed by atoms with Crippen LogP contribution in [0.1, 0.15) is 45.8 Å². The predicted molar refractivity (Wildman–Crippen MR) is 178 cm³/mol. The Balaban J connectivity index is 1.21. The molecule has 258 valence electrons. The van der Waals surface area contributed by atoms with Gasteiger partial charge in [0.2, 0.25) is 5.78 Å². The summed E-state index contributed by atoms with van der Waals surface area (Å²) in [6, 6.07) is 17.1. The van der Waals surface area contributed by atoms with E-state index in [1.165, 1.54) is 31.1 Å². The van der Waals surface area contributed by atoms with E-state index in [0.717, 1.165) is 22.3 Å². The van der Waals surface area contributed by atoms with Gasteiger partial charge in [-0.25, -0.2) is 4.79 Å². The maximum Gasteiger partial charge on any atom is 0.411 e. The number of fused-ring (bicyclic) bond motifs is 6. The van der Waals surface area contributed by atoms with Crippen LogP contribution < -0.4 is 11.1 Å². The van der Waals surface area contributed by atoms with Crippen molar-refractivity contribution in [2.75, 3.05) is 26.0 Å². The number of carbonyl (C=O) groups is 4.